The van der Waals surface area contributed by atoms with E-state index in [-0.39, 0.29) is 13.2 Å². The Kier molecular flexibility index (Phi) is 4.28. The number of aliphatic hydroxyl groups is 1. The number of aliphatic hydroxyl groups excluding tert-OH is 1. The van der Waals surface area contributed by atoms with Gasteiger partial charge in [0.2, 0.25) is 0 Å². The van der Waals surface area contributed by atoms with Gasteiger partial charge in [-0.15, -0.1) is 0 Å². The van der Waals surface area contributed by atoms with E-state index in [9.17, 15) is 13.5 Å². The lowest BCUT2D eigenvalue weighted by Crippen LogP contribution is -2.34. The molecule has 7 heteroatoms. The van der Waals surface area contributed by atoms with Crippen molar-refractivity contribution in [2.45, 2.75) is 50.1 Å². The zero-order valence-corrected chi connectivity index (χ0v) is 11.3. The highest BCUT2D eigenvalue weighted by atomic mass is 32.2. The van der Waals surface area contributed by atoms with Gasteiger partial charge in [-0.2, -0.15) is 8.42 Å². The van der Waals surface area contributed by atoms with E-state index in [2.05, 4.69) is 0 Å². The van der Waals surface area contributed by atoms with Crippen LogP contribution in [0.5, 0.6) is 0 Å². The second kappa shape index (κ2) is 5.42. The summed E-state index contributed by atoms with van der Waals surface area (Å²) in [6, 6.07) is 0. The summed E-state index contributed by atoms with van der Waals surface area (Å²) in [7, 11) is -3.50. The van der Waals surface area contributed by atoms with Gasteiger partial charge in [-0.3, -0.25) is 4.18 Å². The lowest BCUT2D eigenvalue weighted by atomic mass is 9.94. The van der Waals surface area contributed by atoms with Crippen LogP contribution in [0.1, 0.15) is 32.1 Å². The zero-order chi connectivity index (χ0) is 13.2. The molecule has 0 radical (unpaired) electrons. The van der Waals surface area contributed by atoms with Gasteiger partial charge in [-0.1, -0.05) is 6.42 Å². The zero-order valence-electron chi connectivity index (χ0n) is 10.5. The Labute approximate surface area is 107 Å². The van der Waals surface area contributed by atoms with Gasteiger partial charge in [0.25, 0.3) is 10.1 Å². The maximum absolute atomic E-state index is 11.0. The quantitative estimate of drug-likeness (QED) is 0.751. The van der Waals surface area contributed by atoms with Crippen LogP contribution >= 0.6 is 0 Å². The third-order valence-corrected chi connectivity index (χ3v) is 3.95. The molecule has 106 valence electrons. The maximum atomic E-state index is 11.0. The van der Waals surface area contributed by atoms with Crippen LogP contribution < -0.4 is 0 Å². The molecular weight excluding hydrogens is 260 g/mol. The predicted molar refractivity (Wildman–Crippen MR) is 63.4 cm³/mol. The highest BCUT2D eigenvalue weighted by Crippen LogP contribution is 2.40. The van der Waals surface area contributed by atoms with Crippen molar-refractivity contribution in [3.8, 4) is 0 Å². The van der Waals surface area contributed by atoms with Crippen LogP contribution in [-0.4, -0.2) is 51.0 Å². The van der Waals surface area contributed by atoms with Crippen LogP contribution in [0.3, 0.4) is 0 Å². The van der Waals surface area contributed by atoms with Crippen molar-refractivity contribution in [3.63, 3.8) is 0 Å². The number of ether oxygens (including phenoxy) is 2. The fourth-order valence-electron chi connectivity index (χ4n) is 2.54. The van der Waals surface area contributed by atoms with Gasteiger partial charge < -0.3 is 14.6 Å². The minimum Gasteiger partial charge on any atom is -0.394 e. The summed E-state index contributed by atoms with van der Waals surface area (Å²) in [5.74, 6) is -0.642. The standard InChI is InChI=1S/C11H20O6S/c1-18(13,14)15-8-10-9(7-12)16-11(17-10)5-3-2-4-6-11/h9-10,12H,2-8H2,1H3/t9-,10-/m0/s1. The normalized spacial score (nSPS) is 31.9. The Morgan fingerprint density at radius 3 is 2.39 bits per heavy atom. The summed E-state index contributed by atoms with van der Waals surface area (Å²) in [5, 5.41) is 9.27. The summed E-state index contributed by atoms with van der Waals surface area (Å²) in [5.41, 5.74) is 0. The smallest absolute Gasteiger partial charge is 0.264 e. The largest absolute Gasteiger partial charge is 0.394 e. The van der Waals surface area contributed by atoms with Crippen LogP contribution in [0.4, 0.5) is 0 Å². The van der Waals surface area contributed by atoms with E-state index in [0.717, 1.165) is 38.4 Å². The van der Waals surface area contributed by atoms with Crippen molar-refractivity contribution in [1.29, 1.82) is 0 Å². The molecule has 0 aromatic rings. The molecule has 0 amide bonds. The summed E-state index contributed by atoms with van der Waals surface area (Å²) < 4.78 is 38.3. The van der Waals surface area contributed by atoms with Crippen molar-refractivity contribution < 1.29 is 27.2 Å². The molecule has 1 saturated carbocycles. The van der Waals surface area contributed by atoms with Gasteiger partial charge >= 0.3 is 0 Å². The van der Waals surface area contributed by atoms with Crippen molar-refractivity contribution in [1.82, 2.24) is 0 Å². The van der Waals surface area contributed by atoms with Crippen LogP contribution in [-0.2, 0) is 23.8 Å². The summed E-state index contributed by atoms with van der Waals surface area (Å²) >= 11 is 0. The predicted octanol–water partition coefficient (Wildman–Crippen LogP) is 0.399. The van der Waals surface area contributed by atoms with Gasteiger partial charge in [0.05, 0.1) is 19.5 Å². The lowest BCUT2D eigenvalue weighted by molar-refractivity contribution is -0.197. The Morgan fingerprint density at radius 2 is 1.83 bits per heavy atom. The van der Waals surface area contributed by atoms with Gasteiger partial charge in [0, 0.05) is 12.8 Å². The van der Waals surface area contributed by atoms with Gasteiger partial charge in [-0.05, 0) is 12.8 Å². The molecule has 2 atom stereocenters. The van der Waals surface area contributed by atoms with Crippen LogP contribution in [0.2, 0.25) is 0 Å². The first-order valence-electron chi connectivity index (χ1n) is 6.25. The van der Waals surface area contributed by atoms with E-state index in [0.29, 0.717) is 0 Å². The molecule has 0 unspecified atom stereocenters. The highest BCUT2D eigenvalue weighted by Gasteiger charge is 2.47. The molecule has 0 bridgehead atoms. The second-order valence-corrected chi connectivity index (χ2v) is 6.60. The first-order valence-corrected chi connectivity index (χ1v) is 8.07. The molecule has 2 aliphatic rings. The van der Waals surface area contributed by atoms with Crippen LogP contribution in [0, 0.1) is 0 Å². The third-order valence-electron chi connectivity index (χ3n) is 3.39. The average molecular weight is 280 g/mol. The molecule has 2 fully saturated rings. The Morgan fingerprint density at radius 1 is 1.22 bits per heavy atom. The summed E-state index contributed by atoms with van der Waals surface area (Å²) in [6.07, 6.45) is 4.75. The first-order chi connectivity index (χ1) is 8.44. The van der Waals surface area contributed by atoms with Crippen molar-refractivity contribution in [2.75, 3.05) is 19.5 Å². The fraction of sp³-hybridized carbons (Fsp3) is 1.00. The molecule has 2 rings (SSSR count). The van der Waals surface area contributed by atoms with E-state index in [4.69, 9.17) is 13.7 Å². The van der Waals surface area contributed by atoms with Crippen LogP contribution in [0.15, 0.2) is 0 Å². The monoisotopic (exact) mass is 280 g/mol. The molecule has 1 saturated heterocycles. The van der Waals surface area contributed by atoms with Crippen molar-refractivity contribution >= 4 is 10.1 Å². The molecule has 1 aliphatic carbocycles. The van der Waals surface area contributed by atoms with Gasteiger partial charge in [0.15, 0.2) is 5.79 Å². The van der Waals surface area contributed by atoms with Gasteiger partial charge in [0.1, 0.15) is 12.2 Å². The van der Waals surface area contributed by atoms with Crippen molar-refractivity contribution in [3.05, 3.63) is 0 Å². The Balaban J connectivity index is 1.97. The fourth-order valence-corrected chi connectivity index (χ4v) is 2.93. The topological polar surface area (TPSA) is 82.1 Å². The highest BCUT2D eigenvalue weighted by molar-refractivity contribution is 7.85. The summed E-state index contributed by atoms with van der Waals surface area (Å²) in [6.45, 7) is -0.300. The van der Waals surface area contributed by atoms with Gasteiger partial charge in [-0.25, -0.2) is 0 Å². The molecular formula is C11H20O6S. The van der Waals surface area contributed by atoms with E-state index < -0.39 is 28.1 Å². The van der Waals surface area contributed by atoms with E-state index in [1.165, 1.54) is 0 Å². The minimum atomic E-state index is -3.50. The van der Waals surface area contributed by atoms with Crippen LogP contribution in [0.25, 0.3) is 0 Å². The minimum absolute atomic E-state index is 0.105. The molecule has 1 heterocycles. The SMILES string of the molecule is CS(=O)(=O)OC[C@@H]1OC2(CCCCC2)O[C@H]1CO. The molecule has 18 heavy (non-hydrogen) atoms. The second-order valence-electron chi connectivity index (χ2n) is 4.96. The van der Waals surface area contributed by atoms with Crippen molar-refractivity contribution in [2.24, 2.45) is 0 Å². The number of rotatable bonds is 4. The Hall–Kier alpha value is -0.210. The maximum Gasteiger partial charge on any atom is 0.264 e. The molecule has 6 nitrogen and oxygen atoms in total. The molecule has 0 aromatic carbocycles. The third kappa shape index (κ3) is 3.42. The van der Waals surface area contributed by atoms with E-state index in [1.807, 2.05) is 0 Å². The van der Waals surface area contributed by atoms with E-state index >= 15 is 0 Å². The summed E-state index contributed by atoms with van der Waals surface area (Å²) in [4.78, 5) is 0. The Bertz CT molecular complexity index is 373. The van der Waals surface area contributed by atoms with E-state index in [1.54, 1.807) is 0 Å². The molecule has 1 N–H and O–H groups in total. The first kappa shape index (κ1) is 14.2. The molecule has 1 aliphatic heterocycles. The number of hydrogen-bond acceptors (Lipinski definition) is 6. The average Bonchev–Trinajstić information content (AvgIpc) is 2.65. The molecule has 0 aromatic heterocycles. The molecule has 1 spiro atoms. The number of hydrogen-bond donors (Lipinski definition) is 1. The lowest BCUT2D eigenvalue weighted by Gasteiger charge is -2.31.